The lowest BCUT2D eigenvalue weighted by Gasteiger charge is -2.13. The first-order chi connectivity index (χ1) is 9.13. The van der Waals surface area contributed by atoms with E-state index in [1.165, 1.54) is 20.6 Å². The van der Waals surface area contributed by atoms with E-state index in [1.54, 1.807) is 0 Å². The third-order valence-corrected chi connectivity index (χ3v) is 4.14. The molecule has 1 aliphatic rings. The molecule has 2 aromatic rings. The molecule has 0 saturated carbocycles. The van der Waals surface area contributed by atoms with Gasteiger partial charge in [0, 0.05) is 31.4 Å². The Labute approximate surface area is 127 Å². The van der Waals surface area contributed by atoms with Crippen LogP contribution in [0.15, 0.2) is 42.6 Å². The van der Waals surface area contributed by atoms with Gasteiger partial charge in [-0.1, -0.05) is 12.1 Å². The maximum Gasteiger partial charge on any atom is 0.275 e. The summed E-state index contributed by atoms with van der Waals surface area (Å²) >= 11 is 2.35. The number of nitrogens with one attached hydrogen (secondary N) is 1. The zero-order valence-corrected chi connectivity index (χ0v) is 13.3. The first-order valence-electron chi connectivity index (χ1n) is 6.36. The molecule has 1 aromatic carbocycles. The third-order valence-electron chi connectivity index (χ3n) is 3.50. The summed E-state index contributed by atoms with van der Waals surface area (Å²) < 4.78 is 3.55. The van der Waals surface area contributed by atoms with E-state index in [0.29, 0.717) is 6.04 Å². The lowest BCUT2D eigenvalue weighted by molar-refractivity contribution is -0.674. The van der Waals surface area contributed by atoms with E-state index in [4.69, 9.17) is 0 Å². The average molecular weight is 366 g/mol. The first-order valence-corrected chi connectivity index (χ1v) is 7.44. The van der Waals surface area contributed by atoms with Crippen LogP contribution in [0.3, 0.4) is 0 Å². The van der Waals surface area contributed by atoms with Gasteiger partial charge in [0.1, 0.15) is 12.7 Å². The van der Waals surface area contributed by atoms with Crippen LogP contribution >= 0.6 is 22.6 Å². The molecular weight excluding hydrogens is 349 g/mol. The molecule has 4 heteroatoms. The van der Waals surface area contributed by atoms with Crippen LogP contribution in [0.2, 0.25) is 0 Å². The number of pyridine rings is 1. The second kappa shape index (κ2) is 5.00. The Hall–Kier alpha value is -1.30. The largest absolute Gasteiger partial charge is 0.378 e. The Morgan fingerprint density at radius 2 is 1.89 bits per heavy atom. The van der Waals surface area contributed by atoms with Crippen molar-refractivity contribution in [1.82, 2.24) is 0 Å². The number of aromatic nitrogens is 1. The second-order valence-electron chi connectivity index (χ2n) is 5.07. The molecular formula is C15H17IN3+. The highest BCUT2D eigenvalue weighted by atomic mass is 127. The van der Waals surface area contributed by atoms with Crippen molar-refractivity contribution in [3.8, 4) is 0 Å². The molecule has 0 bridgehead atoms. The summed E-state index contributed by atoms with van der Waals surface area (Å²) in [4.78, 5) is 2.12. The van der Waals surface area contributed by atoms with Crippen LogP contribution in [0.5, 0.6) is 0 Å². The van der Waals surface area contributed by atoms with E-state index < -0.39 is 0 Å². The molecule has 0 spiro atoms. The summed E-state index contributed by atoms with van der Waals surface area (Å²) in [5.41, 5.74) is 2.57. The van der Waals surface area contributed by atoms with Crippen molar-refractivity contribution in [3.05, 3.63) is 51.7 Å². The average Bonchev–Trinajstić information content (AvgIpc) is 2.81. The van der Waals surface area contributed by atoms with Gasteiger partial charge in [-0.3, -0.25) is 5.32 Å². The fourth-order valence-corrected chi connectivity index (χ4v) is 2.93. The summed E-state index contributed by atoms with van der Waals surface area (Å²) in [6.45, 7) is 0.994. The zero-order valence-electron chi connectivity index (χ0n) is 11.1. The van der Waals surface area contributed by atoms with Crippen LogP contribution in [0.4, 0.5) is 11.5 Å². The highest BCUT2D eigenvalue weighted by molar-refractivity contribution is 14.1. The predicted molar refractivity (Wildman–Crippen MR) is 86.5 cm³/mol. The number of nitrogens with zero attached hydrogens (tertiary/aromatic N) is 2. The Morgan fingerprint density at radius 1 is 1.16 bits per heavy atom. The van der Waals surface area contributed by atoms with Crippen molar-refractivity contribution >= 4 is 34.1 Å². The van der Waals surface area contributed by atoms with Crippen LogP contribution in [0.1, 0.15) is 11.6 Å². The zero-order chi connectivity index (χ0) is 13.4. The number of anilines is 2. The molecule has 19 heavy (non-hydrogen) atoms. The van der Waals surface area contributed by atoms with Gasteiger partial charge < -0.3 is 4.90 Å². The van der Waals surface area contributed by atoms with Gasteiger partial charge in [0.05, 0.1) is 3.57 Å². The van der Waals surface area contributed by atoms with Crippen LogP contribution in [-0.2, 0) is 6.54 Å². The summed E-state index contributed by atoms with van der Waals surface area (Å²) in [7, 11) is 4.13. The fourth-order valence-electron chi connectivity index (χ4n) is 2.41. The minimum Gasteiger partial charge on any atom is -0.378 e. The van der Waals surface area contributed by atoms with Crippen LogP contribution in [-0.4, -0.2) is 14.1 Å². The number of hydrogen-bond donors (Lipinski definition) is 1. The van der Waals surface area contributed by atoms with Crippen LogP contribution in [0, 0.1) is 3.57 Å². The van der Waals surface area contributed by atoms with Gasteiger partial charge in [-0.05, 0) is 40.8 Å². The van der Waals surface area contributed by atoms with Crippen LogP contribution < -0.4 is 14.8 Å². The summed E-state index contributed by atoms with van der Waals surface area (Å²) in [5.74, 6) is 1.20. The Balaban J connectivity index is 1.82. The molecule has 1 atom stereocenters. The molecule has 1 unspecified atom stereocenters. The van der Waals surface area contributed by atoms with E-state index in [-0.39, 0.29) is 0 Å². The Morgan fingerprint density at radius 3 is 2.58 bits per heavy atom. The van der Waals surface area contributed by atoms with Gasteiger partial charge in [0.15, 0.2) is 6.04 Å². The maximum absolute atomic E-state index is 3.57. The molecule has 2 heterocycles. The summed E-state index contributed by atoms with van der Waals surface area (Å²) in [5, 5.41) is 3.57. The molecule has 1 N–H and O–H groups in total. The molecule has 0 radical (unpaired) electrons. The highest BCUT2D eigenvalue weighted by Crippen LogP contribution is 2.25. The van der Waals surface area contributed by atoms with Crippen molar-refractivity contribution in [1.29, 1.82) is 0 Å². The van der Waals surface area contributed by atoms with E-state index in [9.17, 15) is 0 Å². The quantitative estimate of drug-likeness (QED) is 0.651. The smallest absolute Gasteiger partial charge is 0.275 e. The number of fused-ring (bicyclic) bond motifs is 1. The monoisotopic (exact) mass is 366 g/mol. The highest BCUT2D eigenvalue weighted by Gasteiger charge is 2.28. The second-order valence-corrected chi connectivity index (χ2v) is 6.31. The molecule has 0 saturated heterocycles. The van der Waals surface area contributed by atoms with Gasteiger partial charge in [0.2, 0.25) is 0 Å². The van der Waals surface area contributed by atoms with E-state index in [0.717, 1.165) is 6.54 Å². The fraction of sp³-hybridized carbons (Fsp3) is 0.267. The predicted octanol–water partition coefficient (Wildman–Crippen LogP) is 2.81. The number of benzene rings is 1. The van der Waals surface area contributed by atoms with Gasteiger partial charge >= 0.3 is 0 Å². The van der Waals surface area contributed by atoms with Crippen molar-refractivity contribution in [2.45, 2.75) is 12.6 Å². The molecule has 3 nitrogen and oxygen atoms in total. The Kier molecular flexibility index (Phi) is 3.35. The minimum atomic E-state index is 0.370. The van der Waals surface area contributed by atoms with Crippen molar-refractivity contribution in [2.75, 3.05) is 24.3 Å². The van der Waals surface area contributed by atoms with Crippen molar-refractivity contribution in [2.24, 2.45) is 0 Å². The number of rotatable bonds is 2. The lowest BCUT2D eigenvalue weighted by Crippen LogP contribution is -2.31. The molecule has 0 fully saturated rings. The maximum atomic E-state index is 3.57. The van der Waals surface area contributed by atoms with Gasteiger partial charge in [-0.15, -0.1) is 0 Å². The first kappa shape index (κ1) is 12.7. The number of halogens is 1. The number of hydrogen-bond acceptors (Lipinski definition) is 2. The van der Waals surface area contributed by atoms with E-state index >= 15 is 0 Å². The Bertz CT molecular complexity index is 593. The standard InChI is InChI=1S/C15H16IN3/c1-18(2)13-6-3-11(4-7-13)14-10-19-9-12(16)5-8-15(19)17-14/h3-9,14H,10H2,1-2H3/p+1. The SMILES string of the molecule is CN(C)c1ccc(C2C[n+]3cc(I)ccc3N2)cc1. The lowest BCUT2D eigenvalue weighted by atomic mass is 10.1. The summed E-state index contributed by atoms with van der Waals surface area (Å²) in [6, 6.07) is 13.4. The normalized spacial score (nSPS) is 16.9. The molecule has 98 valence electrons. The van der Waals surface area contributed by atoms with Crippen molar-refractivity contribution < 1.29 is 4.57 Å². The summed E-state index contributed by atoms with van der Waals surface area (Å²) in [6.07, 6.45) is 2.19. The van der Waals surface area contributed by atoms with E-state index in [2.05, 4.69) is 94.1 Å². The van der Waals surface area contributed by atoms with Crippen molar-refractivity contribution in [3.63, 3.8) is 0 Å². The molecule has 1 aromatic heterocycles. The molecule has 1 aliphatic heterocycles. The molecule has 0 amide bonds. The topological polar surface area (TPSA) is 19.1 Å². The van der Waals surface area contributed by atoms with Gasteiger partial charge in [0.25, 0.3) is 5.82 Å². The molecule has 3 rings (SSSR count). The minimum absolute atomic E-state index is 0.370. The van der Waals surface area contributed by atoms with Gasteiger partial charge in [-0.25, -0.2) is 4.57 Å². The molecule has 0 aliphatic carbocycles. The van der Waals surface area contributed by atoms with Crippen LogP contribution in [0.25, 0.3) is 0 Å². The van der Waals surface area contributed by atoms with E-state index in [1.807, 2.05) is 0 Å². The van der Waals surface area contributed by atoms with Gasteiger partial charge in [-0.2, -0.15) is 0 Å². The third kappa shape index (κ3) is 2.54.